The van der Waals surface area contributed by atoms with Crippen LogP contribution in [0.3, 0.4) is 0 Å². The molecule has 0 aliphatic carbocycles. The summed E-state index contributed by atoms with van der Waals surface area (Å²) >= 11 is 0. The summed E-state index contributed by atoms with van der Waals surface area (Å²) < 4.78 is 50.2. The van der Waals surface area contributed by atoms with E-state index >= 15 is 0 Å². The standard InChI is InChI=1S/C11H6F4N2/c12-9-5-7(10-3-4-16-6-17-10)1-2-8(9)11(13,14)15/h1-6H. The molecule has 0 aliphatic heterocycles. The summed E-state index contributed by atoms with van der Waals surface area (Å²) in [6.07, 6.45) is -2.02. The molecule has 0 aliphatic rings. The Morgan fingerprint density at radius 1 is 1.06 bits per heavy atom. The van der Waals surface area contributed by atoms with E-state index in [1.54, 1.807) is 0 Å². The van der Waals surface area contributed by atoms with Crippen molar-refractivity contribution in [2.45, 2.75) is 6.18 Å². The molecule has 0 radical (unpaired) electrons. The first-order chi connectivity index (χ1) is 7.98. The molecule has 0 spiro atoms. The van der Waals surface area contributed by atoms with E-state index in [-0.39, 0.29) is 5.56 Å². The lowest BCUT2D eigenvalue weighted by Crippen LogP contribution is -2.07. The summed E-state index contributed by atoms with van der Waals surface area (Å²) in [5, 5.41) is 0. The van der Waals surface area contributed by atoms with E-state index in [0.29, 0.717) is 11.8 Å². The lowest BCUT2D eigenvalue weighted by Gasteiger charge is -2.08. The summed E-state index contributed by atoms with van der Waals surface area (Å²) in [6, 6.07) is 4.17. The average Bonchev–Trinajstić information content (AvgIpc) is 2.28. The predicted molar refractivity (Wildman–Crippen MR) is 52.4 cm³/mol. The number of nitrogens with zero attached hydrogens (tertiary/aromatic N) is 2. The minimum Gasteiger partial charge on any atom is -0.245 e. The molecule has 17 heavy (non-hydrogen) atoms. The van der Waals surface area contributed by atoms with Gasteiger partial charge in [-0.1, -0.05) is 6.07 Å². The van der Waals surface area contributed by atoms with Crippen LogP contribution in [-0.2, 0) is 6.18 Å². The van der Waals surface area contributed by atoms with Crippen molar-refractivity contribution in [3.8, 4) is 11.3 Å². The van der Waals surface area contributed by atoms with Crippen molar-refractivity contribution in [3.05, 3.63) is 48.2 Å². The van der Waals surface area contributed by atoms with E-state index in [1.165, 1.54) is 24.7 Å². The Bertz CT molecular complexity index is 523. The summed E-state index contributed by atoms with van der Waals surface area (Å²) in [7, 11) is 0. The van der Waals surface area contributed by atoms with E-state index in [4.69, 9.17) is 0 Å². The third-order valence-corrected chi connectivity index (χ3v) is 2.15. The van der Waals surface area contributed by atoms with Crippen LogP contribution in [0.1, 0.15) is 5.56 Å². The van der Waals surface area contributed by atoms with Crippen molar-refractivity contribution in [2.75, 3.05) is 0 Å². The largest absolute Gasteiger partial charge is 0.419 e. The molecule has 1 aromatic heterocycles. The first kappa shape index (κ1) is 11.5. The van der Waals surface area contributed by atoms with E-state index in [1.807, 2.05) is 0 Å². The zero-order valence-corrected chi connectivity index (χ0v) is 8.37. The van der Waals surface area contributed by atoms with Crippen LogP contribution in [0.15, 0.2) is 36.8 Å². The van der Waals surface area contributed by atoms with Crippen molar-refractivity contribution < 1.29 is 17.6 Å². The molecule has 0 amide bonds. The van der Waals surface area contributed by atoms with Crippen LogP contribution in [-0.4, -0.2) is 9.97 Å². The number of alkyl halides is 3. The highest BCUT2D eigenvalue weighted by atomic mass is 19.4. The third-order valence-electron chi connectivity index (χ3n) is 2.15. The quantitative estimate of drug-likeness (QED) is 0.717. The van der Waals surface area contributed by atoms with Gasteiger partial charge in [-0.05, 0) is 18.2 Å². The number of hydrogen-bond donors (Lipinski definition) is 0. The van der Waals surface area contributed by atoms with Crippen LogP contribution < -0.4 is 0 Å². The first-order valence-electron chi connectivity index (χ1n) is 4.61. The van der Waals surface area contributed by atoms with Crippen LogP contribution in [0.25, 0.3) is 11.3 Å². The smallest absolute Gasteiger partial charge is 0.245 e. The molecule has 1 heterocycles. The Balaban J connectivity index is 2.45. The fourth-order valence-corrected chi connectivity index (χ4v) is 1.37. The summed E-state index contributed by atoms with van der Waals surface area (Å²) in [5.74, 6) is -1.31. The number of rotatable bonds is 1. The Morgan fingerprint density at radius 3 is 2.35 bits per heavy atom. The van der Waals surface area contributed by atoms with Crippen LogP contribution in [0.2, 0.25) is 0 Å². The molecule has 0 bridgehead atoms. The van der Waals surface area contributed by atoms with Gasteiger partial charge in [-0.3, -0.25) is 0 Å². The average molecular weight is 242 g/mol. The van der Waals surface area contributed by atoms with Crippen molar-refractivity contribution in [2.24, 2.45) is 0 Å². The van der Waals surface area contributed by atoms with Gasteiger partial charge < -0.3 is 0 Å². The molecule has 0 saturated carbocycles. The summed E-state index contributed by atoms with van der Waals surface area (Å²) in [4.78, 5) is 7.49. The fraction of sp³-hybridized carbons (Fsp3) is 0.0909. The monoisotopic (exact) mass is 242 g/mol. The van der Waals surface area contributed by atoms with E-state index < -0.39 is 17.6 Å². The van der Waals surface area contributed by atoms with Crippen molar-refractivity contribution >= 4 is 0 Å². The van der Waals surface area contributed by atoms with Gasteiger partial charge in [0.25, 0.3) is 0 Å². The van der Waals surface area contributed by atoms with Gasteiger partial charge in [-0.15, -0.1) is 0 Å². The minimum absolute atomic E-state index is 0.276. The molecule has 2 aromatic rings. The minimum atomic E-state index is -4.69. The highest BCUT2D eigenvalue weighted by Crippen LogP contribution is 2.32. The Hall–Kier alpha value is -1.98. The van der Waals surface area contributed by atoms with Gasteiger partial charge in [-0.25, -0.2) is 14.4 Å². The second-order valence-electron chi connectivity index (χ2n) is 3.29. The van der Waals surface area contributed by atoms with Crippen LogP contribution in [0.4, 0.5) is 17.6 Å². The molecule has 0 unspecified atom stereocenters. The highest BCUT2D eigenvalue weighted by molar-refractivity contribution is 5.59. The third kappa shape index (κ3) is 2.41. The van der Waals surface area contributed by atoms with Gasteiger partial charge in [0.2, 0.25) is 0 Å². The molecular weight excluding hydrogens is 236 g/mol. The topological polar surface area (TPSA) is 25.8 Å². The van der Waals surface area contributed by atoms with E-state index in [0.717, 1.165) is 6.07 Å². The summed E-state index contributed by atoms with van der Waals surface area (Å²) in [6.45, 7) is 0. The fourth-order valence-electron chi connectivity index (χ4n) is 1.37. The van der Waals surface area contributed by atoms with Gasteiger partial charge in [-0.2, -0.15) is 13.2 Å². The molecule has 0 fully saturated rings. The van der Waals surface area contributed by atoms with Crippen molar-refractivity contribution in [1.29, 1.82) is 0 Å². The van der Waals surface area contributed by atoms with E-state index in [9.17, 15) is 17.6 Å². The maximum atomic E-state index is 13.3. The number of aromatic nitrogens is 2. The van der Waals surface area contributed by atoms with Gasteiger partial charge in [0.1, 0.15) is 12.1 Å². The van der Waals surface area contributed by atoms with Gasteiger partial charge >= 0.3 is 6.18 Å². The first-order valence-corrected chi connectivity index (χ1v) is 4.61. The maximum Gasteiger partial charge on any atom is 0.419 e. The van der Waals surface area contributed by atoms with Crippen molar-refractivity contribution in [3.63, 3.8) is 0 Å². The van der Waals surface area contributed by atoms with Crippen LogP contribution >= 0.6 is 0 Å². The maximum absolute atomic E-state index is 13.3. The number of benzene rings is 1. The lowest BCUT2D eigenvalue weighted by atomic mass is 10.1. The van der Waals surface area contributed by atoms with Crippen molar-refractivity contribution in [1.82, 2.24) is 9.97 Å². The molecule has 0 N–H and O–H groups in total. The molecule has 0 saturated heterocycles. The molecule has 1 aromatic carbocycles. The van der Waals surface area contributed by atoms with Gasteiger partial charge in [0.15, 0.2) is 0 Å². The Kier molecular flexibility index (Phi) is 2.79. The van der Waals surface area contributed by atoms with E-state index in [2.05, 4.69) is 9.97 Å². The SMILES string of the molecule is Fc1cc(-c2ccncn2)ccc1C(F)(F)F. The lowest BCUT2D eigenvalue weighted by molar-refractivity contribution is -0.139. The zero-order valence-electron chi connectivity index (χ0n) is 8.37. The molecular formula is C11H6F4N2. The molecule has 2 nitrogen and oxygen atoms in total. The molecule has 0 atom stereocenters. The second kappa shape index (κ2) is 4.12. The van der Waals surface area contributed by atoms with Crippen LogP contribution in [0.5, 0.6) is 0 Å². The predicted octanol–water partition coefficient (Wildman–Crippen LogP) is 3.30. The normalized spacial score (nSPS) is 11.5. The Labute approximate surface area is 94.0 Å². The second-order valence-corrected chi connectivity index (χ2v) is 3.29. The van der Waals surface area contributed by atoms with Crippen LogP contribution in [0, 0.1) is 5.82 Å². The van der Waals surface area contributed by atoms with Gasteiger partial charge in [0.05, 0.1) is 11.3 Å². The molecule has 2 rings (SSSR count). The zero-order chi connectivity index (χ0) is 12.5. The number of hydrogen-bond acceptors (Lipinski definition) is 2. The summed E-state index contributed by atoms with van der Waals surface area (Å²) in [5.41, 5.74) is -0.638. The molecule has 6 heteroatoms. The number of halogens is 4. The Morgan fingerprint density at radius 2 is 1.82 bits per heavy atom. The molecule has 88 valence electrons. The highest BCUT2D eigenvalue weighted by Gasteiger charge is 2.33. The van der Waals surface area contributed by atoms with Gasteiger partial charge in [0, 0.05) is 11.8 Å².